The quantitative estimate of drug-likeness (QED) is 0.766. The molecule has 1 N–H and O–H groups in total. The topological polar surface area (TPSA) is 60.2 Å². The Bertz CT molecular complexity index is 286. The van der Waals surface area contributed by atoms with E-state index in [2.05, 4.69) is 24.0 Å². The average molecular weight is 213 g/mol. The van der Waals surface area contributed by atoms with E-state index in [0.717, 1.165) is 0 Å². The number of aliphatic hydroxyl groups is 1. The third-order valence-electron chi connectivity index (χ3n) is 2.41. The summed E-state index contributed by atoms with van der Waals surface area (Å²) in [5.74, 6) is 1.01. The Morgan fingerprint density at radius 3 is 2.80 bits per heavy atom. The first kappa shape index (κ1) is 12.1. The third kappa shape index (κ3) is 3.00. The molecule has 5 heteroatoms. The first-order valence-electron chi connectivity index (χ1n) is 5.27. The van der Waals surface area contributed by atoms with Gasteiger partial charge in [-0.3, -0.25) is 0 Å². The van der Waals surface area contributed by atoms with Crippen LogP contribution in [0.1, 0.15) is 32.6 Å². The standard InChI is InChI=1S/C10H19N3O2/c1-4-15-6-9(8(2)3)13-7-11-12-10(13)5-14/h7-9,14H,4-6H2,1-3H3. The van der Waals surface area contributed by atoms with Crippen LogP contribution < -0.4 is 0 Å². The highest BCUT2D eigenvalue weighted by atomic mass is 16.5. The fourth-order valence-corrected chi connectivity index (χ4v) is 1.49. The van der Waals surface area contributed by atoms with Crippen molar-refractivity contribution in [2.24, 2.45) is 5.92 Å². The summed E-state index contributed by atoms with van der Waals surface area (Å²) in [6, 6.07) is 0.182. The second-order valence-electron chi connectivity index (χ2n) is 3.78. The highest BCUT2D eigenvalue weighted by Gasteiger charge is 2.18. The Hall–Kier alpha value is -0.940. The summed E-state index contributed by atoms with van der Waals surface area (Å²) >= 11 is 0. The van der Waals surface area contributed by atoms with Gasteiger partial charge in [-0.2, -0.15) is 0 Å². The summed E-state index contributed by atoms with van der Waals surface area (Å²) in [6.45, 7) is 7.43. The summed E-state index contributed by atoms with van der Waals surface area (Å²) in [6.07, 6.45) is 1.65. The van der Waals surface area contributed by atoms with Gasteiger partial charge in [-0.15, -0.1) is 10.2 Å². The molecule has 0 radical (unpaired) electrons. The lowest BCUT2D eigenvalue weighted by Gasteiger charge is -2.22. The van der Waals surface area contributed by atoms with Crippen molar-refractivity contribution in [3.8, 4) is 0 Å². The molecule has 1 rings (SSSR count). The number of rotatable bonds is 6. The van der Waals surface area contributed by atoms with Crippen molar-refractivity contribution in [2.45, 2.75) is 33.4 Å². The molecule has 1 heterocycles. The largest absolute Gasteiger partial charge is 0.388 e. The van der Waals surface area contributed by atoms with E-state index >= 15 is 0 Å². The molecule has 0 aliphatic rings. The minimum Gasteiger partial charge on any atom is -0.388 e. The maximum absolute atomic E-state index is 9.10. The zero-order chi connectivity index (χ0) is 11.3. The van der Waals surface area contributed by atoms with Crippen LogP contribution in [0.2, 0.25) is 0 Å². The van der Waals surface area contributed by atoms with Gasteiger partial charge in [-0.05, 0) is 12.8 Å². The van der Waals surface area contributed by atoms with Crippen LogP contribution in [0.25, 0.3) is 0 Å². The molecule has 0 spiro atoms. The van der Waals surface area contributed by atoms with Crippen molar-refractivity contribution < 1.29 is 9.84 Å². The molecule has 0 bridgehead atoms. The average Bonchev–Trinajstić information content (AvgIpc) is 2.66. The predicted octanol–water partition coefficient (Wildman–Crippen LogP) is 1.00. The van der Waals surface area contributed by atoms with E-state index in [1.54, 1.807) is 6.33 Å². The second-order valence-corrected chi connectivity index (χ2v) is 3.78. The van der Waals surface area contributed by atoms with E-state index in [1.165, 1.54) is 0 Å². The van der Waals surface area contributed by atoms with Gasteiger partial charge >= 0.3 is 0 Å². The van der Waals surface area contributed by atoms with Crippen LogP contribution in [0, 0.1) is 5.92 Å². The van der Waals surface area contributed by atoms with Crippen molar-refractivity contribution in [1.29, 1.82) is 0 Å². The minimum atomic E-state index is -0.0880. The molecule has 0 aliphatic heterocycles. The molecule has 5 nitrogen and oxygen atoms in total. The van der Waals surface area contributed by atoms with Gasteiger partial charge in [0.1, 0.15) is 12.9 Å². The van der Waals surface area contributed by atoms with Crippen molar-refractivity contribution >= 4 is 0 Å². The van der Waals surface area contributed by atoms with Gasteiger partial charge in [0.15, 0.2) is 5.82 Å². The molecule has 0 amide bonds. The van der Waals surface area contributed by atoms with Crippen LogP contribution in [0.3, 0.4) is 0 Å². The van der Waals surface area contributed by atoms with Crippen LogP contribution in [0.4, 0.5) is 0 Å². The summed E-state index contributed by atoms with van der Waals surface area (Å²) in [5.41, 5.74) is 0. The molecule has 0 aliphatic carbocycles. The van der Waals surface area contributed by atoms with E-state index in [9.17, 15) is 0 Å². The molecule has 0 saturated carbocycles. The lowest BCUT2D eigenvalue weighted by atomic mass is 10.1. The third-order valence-corrected chi connectivity index (χ3v) is 2.41. The maximum atomic E-state index is 9.10. The summed E-state index contributed by atoms with van der Waals surface area (Å²) in [5, 5.41) is 16.8. The SMILES string of the molecule is CCOCC(C(C)C)n1cnnc1CO. The number of aliphatic hydroxyl groups excluding tert-OH is 1. The Labute approximate surface area is 90.1 Å². The number of hydrogen-bond donors (Lipinski definition) is 1. The van der Waals surface area contributed by atoms with Crippen molar-refractivity contribution in [3.63, 3.8) is 0 Å². The van der Waals surface area contributed by atoms with Gasteiger partial charge in [0.05, 0.1) is 12.6 Å². The molecule has 1 atom stereocenters. The van der Waals surface area contributed by atoms with Crippen molar-refractivity contribution in [1.82, 2.24) is 14.8 Å². The molecule has 0 saturated heterocycles. The molecule has 86 valence electrons. The van der Waals surface area contributed by atoms with Crippen molar-refractivity contribution in [3.05, 3.63) is 12.2 Å². The van der Waals surface area contributed by atoms with E-state index < -0.39 is 0 Å². The number of hydrogen-bond acceptors (Lipinski definition) is 4. The zero-order valence-corrected chi connectivity index (χ0v) is 9.55. The molecule has 0 aromatic carbocycles. The van der Waals surface area contributed by atoms with E-state index in [-0.39, 0.29) is 12.6 Å². The molecule has 1 aromatic rings. The smallest absolute Gasteiger partial charge is 0.158 e. The van der Waals surface area contributed by atoms with E-state index in [4.69, 9.17) is 9.84 Å². The molecular formula is C10H19N3O2. The first-order valence-corrected chi connectivity index (χ1v) is 5.27. The summed E-state index contributed by atoms with van der Waals surface area (Å²) in [7, 11) is 0. The molecule has 1 aromatic heterocycles. The molecule has 15 heavy (non-hydrogen) atoms. The lowest BCUT2D eigenvalue weighted by Crippen LogP contribution is -2.22. The van der Waals surface area contributed by atoms with Gasteiger partial charge in [0.25, 0.3) is 0 Å². The van der Waals surface area contributed by atoms with Gasteiger partial charge in [-0.25, -0.2) is 0 Å². The Kier molecular flexibility index (Phi) is 4.71. The predicted molar refractivity (Wildman–Crippen MR) is 56.3 cm³/mol. The van der Waals surface area contributed by atoms with Crippen LogP contribution in [0.5, 0.6) is 0 Å². The Morgan fingerprint density at radius 2 is 2.27 bits per heavy atom. The molecule has 0 fully saturated rings. The number of aromatic nitrogens is 3. The monoisotopic (exact) mass is 213 g/mol. The van der Waals surface area contributed by atoms with Crippen molar-refractivity contribution in [2.75, 3.05) is 13.2 Å². The maximum Gasteiger partial charge on any atom is 0.158 e. The van der Waals surface area contributed by atoms with Gasteiger partial charge in [0.2, 0.25) is 0 Å². The zero-order valence-electron chi connectivity index (χ0n) is 9.55. The van der Waals surface area contributed by atoms with Gasteiger partial charge in [-0.1, -0.05) is 13.8 Å². The highest BCUT2D eigenvalue weighted by Crippen LogP contribution is 2.19. The van der Waals surface area contributed by atoms with E-state index in [0.29, 0.717) is 25.0 Å². The Balaban J connectivity index is 2.78. The molecular weight excluding hydrogens is 194 g/mol. The molecule has 1 unspecified atom stereocenters. The lowest BCUT2D eigenvalue weighted by molar-refractivity contribution is 0.0931. The van der Waals surface area contributed by atoms with Crippen LogP contribution >= 0.6 is 0 Å². The fourth-order valence-electron chi connectivity index (χ4n) is 1.49. The van der Waals surface area contributed by atoms with Crippen LogP contribution in [0.15, 0.2) is 6.33 Å². The summed E-state index contributed by atoms with van der Waals surface area (Å²) < 4.78 is 7.31. The number of nitrogens with zero attached hydrogens (tertiary/aromatic N) is 3. The van der Waals surface area contributed by atoms with Crippen LogP contribution in [-0.4, -0.2) is 33.1 Å². The van der Waals surface area contributed by atoms with Gasteiger partial charge in [0, 0.05) is 6.61 Å². The minimum absolute atomic E-state index is 0.0880. The second kappa shape index (κ2) is 5.82. The van der Waals surface area contributed by atoms with Gasteiger partial charge < -0.3 is 14.4 Å². The van der Waals surface area contributed by atoms with Crippen LogP contribution in [-0.2, 0) is 11.3 Å². The number of ether oxygens (including phenoxy) is 1. The Morgan fingerprint density at radius 1 is 1.53 bits per heavy atom. The van der Waals surface area contributed by atoms with E-state index in [1.807, 2.05) is 11.5 Å². The fraction of sp³-hybridized carbons (Fsp3) is 0.800. The first-order chi connectivity index (χ1) is 7.20. The summed E-state index contributed by atoms with van der Waals surface area (Å²) in [4.78, 5) is 0. The normalized spacial score (nSPS) is 13.4. The highest BCUT2D eigenvalue weighted by molar-refractivity contribution is 4.88.